The van der Waals surface area contributed by atoms with E-state index in [0.29, 0.717) is 4.90 Å². The van der Waals surface area contributed by atoms with Gasteiger partial charge in [-0.15, -0.1) is 0 Å². The molecule has 3 nitrogen and oxygen atoms in total. The molecular formula is C7H10F3NO2. The molecule has 0 radical (unpaired) electrons. The van der Waals surface area contributed by atoms with Crippen molar-refractivity contribution in [2.75, 3.05) is 13.1 Å². The molecule has 1 aliphatic rings. The van der Waals surface area contributed by atoms with Crippen molar-refractivity contribution in [2.45, 2.75) is 25.1 Å². The summed E-state index contributed by atoms with van der Waals surface area (Å²) in [5.41, 5.74) is -1.18. The van der Waals surface area contributed by atoms with Gasteiger partial charge in [0.15, 0.2) is 0 Å². The summed E-state index contributed by atoms with van der Waals surface area (Å²) in [6.07, 6.45) is -4.64. The van der Waals surface area contributed by atoms with Crippen LogP contribution in [0.5, 0.6) is 0 Å². The Labute approximate surface area is 73.1 Å². The monoisotopic (exact) mass is 197 g/mol. The summed E-state index contributed by atoms with van der Waals surface area (Å²) in [7, 11) is 0. The lowest BCUT2D eigenvalue weighted by Gasteiger charge is -2.19. The first-order valence-electron chi connectivity index (χ1n) is 3.81. The minimum atomic E-state index is -4.83. The van der Waals surface area contributed by atoms with E-state index in [9.17, 15) is 23.1 Å². The number of hydrogen-bond acceptors (Lipinski definition) is 2. The average Bonchev–Trinajstić information content (AvgIpc) is 2.26. The van der Waals surface area contributed by atoms with E-state index >= 15 is 0 Å². The lowest BCUT2D eigenvalue weighted by atomic mass is 10.1. The first-order valence-corrected chi connectivity index (χ1v) is 3.81. The molecule has 0 aromatic carbocycles. The second-order valence-electron chi connectivity index (χ2n) is 3.47. The highest BCUT2D eigenvalue weighted by atomic mass is 19.4. The molecule has 0 spiro atoms. The molecule has 1 fully saturated rings. The maximum absolute atomic E-state index is 11.9. The molecule has 0 aromatic rings. The fourth-order valence-electron chi connectivity index (χ4n) is 1.30. The smallest absolute Gasteiger partial charge is 0.388 e. The van der Waals surface area contributed by atoms with Crippen molar-refractivity contribution < 1.29 is 23.1 Å². The predicted molar refractivity (Wildman–Crippen MR) is 37.9 cm³/mol. The largest absolute Gasteiger partial charge is 0.471 e. The number of halogens is 3. The SMILES string of the molecule is CC1(O)CCN(C(=O)C(F)(F)F)C1. The van der Waals surface area contributed by atoms with E-state index in [4.69, 9.17) is 0 Å². The van der Waals surface area contributed by atoms with Gasteiger partial charge in [0.05, 0.1) is 5.60 Å². The Morgan fingerprint density at radius 1 is 1.54 bits per heavy atom. The molecule has 1 amide bonds. The second-order valence-corrected chi connectivity index (χ2v) is 3.47. The topological polar surface area (TPSA) is 40.5 Å². The van der Waals surface area contributed by atoms with Gasteiger partial charge in [0.25, 0.3) is 0 Å². The zero-order valence-corrected chi connectivity index (χ0v) is 7.06. The molecule has 1 N–H and O–H groups in total. The molecule has 1 aliphatic heterocycles. The molecule has 0 aliphatic carbocycles. The summed E-state index contributed by atoms with van der Waals surface area (Å²) in [6.45, 7) is 1.13. The van der Waals surface area contributed by atoms with Crippen LogP contribution in [0.4, 0.5) is 13.2 Å². The van der Waals surface area contributed by atoms with Gasteiger partial charge in [0.2, 0.25) is 0 Å². The van der Waals surface area contributed by atoms with Crippen molar-refractivity contribution in [3.05, 3.63) is 0 Å². The minimum Gasteiger partial charge on any atom is -0.388 e. The molecule has 6 heteroatoms. The summed E-state index contributed by atoms with van der Waals surface area (Å²) in [5.74, 6) is -1.87. The van der Waals surface area contributed by atoms with Gasteiger partial charge in [0, 0.05) is 13.1 Å². The van der Waals surface area contributed by atoms with Crippen molar-refractivity contribution >= 4 is 5.91 Å². The molecule has 76 valence electrons. The molecule has 1 rings (SSSR count). The van der Waals surface area contributed by atoms with Crippen LogP contribution >= 0.6 is 0 Å². The van der Waals surface area contributed by atoms with Crippen LogP contribution in [0.3, 0.4) is 0 Å². The second kappa shape index (κ2) is 2.87. The van der Waals surface area contributed by atoms with E-state index < -0.39 is 17.7 Å². The van der Waals surface area contributed by atoms with E-state index in [1.54, 1.807) is 0 Å². The maximum Gasteiger partial charge on any atom is 0.471 e. The fourth-order valence-corrected chi connectivity index (χ4v) is 1.30. The number of β-amino-alcohol motifs (C(OH)–C–C–N with tert-alkyl or cyclic N) is 1. The maximum atomic E-state index is 11.9. The molecule has 1 heterocycles. The van der Waals surface area contributed by atoms with E-state index in [2.05, 4.69) is 0 Å². The third-order valence-corrected chi connectivity index (χ3v) is 1.98. The first-order chi connectivity index (χ1) is 5.72. The van der Waals surface area contributed by atoms with Gasteiger partial charge in [0.1, 0.15) is 0 Å². The average molecular weight is 197 g/mol. The van der Waals surface area contributed by atoms with Crippen molar-refractivity contribution in [2.24, 2.45) is 0 Å². The van der Waals surface area contributed by atoms with Crippen molar-refractivity contribution in [3.8, 4) is 0 Å². The van der Waals surface area contributed by atoms with E-state index in [0.717, 1.165) is 0 Å². The van der Waals surface area contributed by atoms with Crippen LogP contribution in [0.2, 0.25) is 0 Å². The summed E-state index contributed by atoms with van der Waals surface area (Å²) < 4.78 is 35.6. The van der Waals surface area contributed by atoms with Gasteiger partial charge in [-0.2, -0.15) is 13.2 Å². The predicted octanol–water partition coefficient (Wildman–Crippen LogP) is 0.532. The van der Waals surface area contributed by atoms with Crippen LogP contribution in [0.15, 0.2) is 0 Å². The summed E-state index contributed by atoms with van der Waals surface area (Å²) >= 11 is 0. The molecule has 0 bridgehead atoms. The van der Waals surface area contributed by atoms with Gasteiger partial charge in [-0.05, 0) is 13.3 Å². The van der Waals surface area contributed by atoms with Crippen LogP contribution in [-0.2, 0) is 4.79 Å². The summed E-state index contributed by atoms with van der Waals surface area (Å²) in [4.78, 5) is 11.3. The molecule has 1 atom stereocenters. The number of nitrogens with zero attached hydrogens (tertiary/aromatic N) is 1. The van der Waals surface area contributed by atoms with Crippen molar-refractivity contribution in [1.29, 1.82) is 0 Å². The zero-order chi connectivity index (χ0) is 10.3. The quantitative estimate of drug-likeness (QED) is 0.615. The Hall–Kier alpha value is -0.780. The number of rotatable bonds is 0. The lowest BCUT2D eigenvalue weighted by molar-refractivity contribution is -0.185. The van der Waals surface area contributed by atoms with Crippen molar-refractivity contribution in [1.82, 2.24) is 4.90 Å². The Morgan fingerprint density at radius 2 is 2.08 bits per heavy atom. The number of alkyl halides is 3. The van der Waals surface area contributed by atoms with E-state index in [-0.39, 0.29) is 19.5 Å². The van der Waals surface area contributed by atoms with E-state index in [1.165, 1.54) is 6.92 Å². The summed E-state index contributed by atoms with van der Waals surface area (Å²) in [6, 6.07) is 0. The molecule has 1 saturated heterocycles. The van der Waals surface area contributed by atoms with Gasteiger partial charge < -0.3 is 10.0 Å². The number of aliphatic hydroxyl groups is 1. The third-order valence-electron chi connectivity index (χ3n) is 1.98. The number of carbonyl (C=O) groups is 1. The molecule has 1 unspecified atom stereocenters. The zero-order valence-electron chi connectivity index (χ0n) is 7.06. The van der Waals surface area contributed by atoms with Crippen LogP contribution in [0.1, 0.15) is 13.3 Å². The van der Waals surface area contributed by atoms with Crippen LogP contribution in [0, 0.1) is 0 Å². The molecule has 13 heavy (non-hydrogen) atoms. The van der Waals surface area contributed by atoms with Crippen molar-refractivity contribution in [3.63, 3.8) is 0 Å². The normalized spacial score (nSPS) is 29.5. The Balaban J connectivity index is 2.62. The molecule has 0 aromatic heterocycles. The molecule has 0 saturated carbocycles. The first kappa shape index (κ1) is 10.3. The minimum absolute atomic E-state index is 0.0364. The number of likely N-dealkylation sites (tertiary alicyclic amines) is 1. The van der Waals surface area contributed by atoms with Gasteiger partial charge in [-0.25, -0.2) is 0 Å². The van der Waals surface area contributed by atoms with Gasteiger partial charge >= 0.3 is 12.1 Å². The molecular weight excluding hydrogens is 187 g/mol. The highest BCUT2D eigenvalue weighted by Crippen LogP contribution is 2.25. The van der Waals surface area contributed by atoms with Crippen LogP contribution in [0.25, 0.3) is 0 Å². The number of carbonyl (C=O) groups excluding carboxylic acids is 1. The van der Waals surface area contributed by atoms with Gasteiger partial charge in [-0.1, -0.05) is 0 Å². The Morgan fingerprint density at radius 3 is 2.38 bits per heavy atom. The Kier molecular flexibility index (Phi) is 2.27. The highest BCUT2D eigenvalue weighted by Gasteiger charge is 2.46. The van der Waals surface area contributed by atoms with E-state index in [1.807, 2.05) is 0 Å². The standard InChI is InChI=1S/C7H10F3NO2/c1-6(13)2-3-11(4-6)5(12)7(8,9)10/h13H,2-4H2,1H3. The van der Waals surface area contributed by atoms with Gasteiger partial charge in [-0.3, -0.25) is 4.79 Å². The van der Waals surface area contributed by atoms with Crippen LogP contribution in [-0.4, -0.2) is 40.8 Å². The third kappa shape index (κ3) is 2.33. The highest BCUT2D eigenvalue weighted by molar-refractivity contribution is 5.82. The summed E-state index contributed by atoms with van der Waals surface area (Å²) in [5, 5.41) is 9.32. The number of hydrogen-bond donors (Lipinski definition) is 1. The number of amides is 1. The lowest BCUT2D eigenvalue weighted by Crippen LogP contribution is -2.41. The van der Waals surface area contributed by atoms with Crippen LogP contribution < -0.4 is 0 Å². The Bertz CT molecular complexity index is 224. The fraction of sp³-hybridized carbons (Fsp3) is 0.857.